The monoisotopic (exact) mass is 254 g/mol. The molecule has 0 bridgehead atoms. The summed E-state index contributed by atoms with van der Waals surface area (Å²) in [6.45, 7) is 4.70. The van der Waals surface area contributed by atoms with Crippen molar-refractivity contribution in [3.05, 3.63) is 0 Å². The van der Waals surface area contributed by atoms with Gasteiger partial charge in [0.2, 0.25) is 5.91 Å². The number of nitrogens with one attached hydrogen (secondary N) is 2. The minimum absolute atomic E-state index is 0.00675. The van der Waals surface area contributed by atoms with Crippen LogP contribution in [-0.2, 0) is 9.53 Å². The highest BCUT2D eigenvalue weighted by Gasteiger charge is 2.26. The summed E-state index contributed by atoms with van der Waals surface area (Å²) in [5.41, 5.74) is 0. The Hall–Kier alpha value is -0.610. The molecule has 0 aliphatic carbocycles. The first-order chi connectivity index (χ1) is 8.79. The number of carbonyl (C=O) groups excluding carboxylic acids is 1. The third kappa shape index (κ3) is 3.95. The zero-order valence-electron chi connectivity index (χ0n) is 11.4. The van der Waals surface area contributed by atoms with Crippen LogP contribution in [0, 0.1) is 5.92 Å². The molecule has 1 amide bonds. The smallest absolute Gasteiger partial charge is 0.237 e. The maximum Gasteiger partial charge on any atom is 0.237 e. The minimum atomic E-state index is 0.00675. The lowest BCUT2D eigenvalue weighted by molar-refractivity contribution is -0.125. The second-order valence-corrected chi connectivity index (χ2v) is 5.54. The average molecular weight is 254 g/mol. The van der Waals surface area contributed by atoms with Crippen molar-refractivity contribution in [2.45, 2.75) is 57.6 Å². The first-order valence-corrected chi connectivity index (χ1v) is 7.42. The molecule has 4 nitrogen and oxygen atoms in total. The molecule has 18 heavy (non-hydrogen) atoms. The van der Waals surface area contributed by atoms with Gasteiger partial charge in [0.05, 0.1) is 12.1 Å². The largest absolute Gasteiger partial charge is 0.376 e. The van der Waals surface area contributed by atoms with Crippen LogP contribution in [-0.4, -0.2) is 37.7 Å². The quantitative estimate of drug-likeness (QED) is 0.798. The van der Waals surface area contributed by atoms with E-state index in [0.29, 0.717) is 12.5 Å². The van der Waals surface area contributed by atoms with Gasteiger partial charge in [-0.05, 0) is 44.6 Å². The van der Waals surface area contributed by atoms with Gasteiger partial charge in [-0.15, -0.1) is 0 Å². The Morgan fingerprint density at radius 1 is 1.39 bits per heavy atom. The Balaban J connectivity index is 1.70. The summed E-state index contributed by atoms with van der Waals surface area (Å²) in [5.74, 6) is 0.857. The lowest BCUT2D eigenvalue weighted by Gasteiger charge is -2.30. The van der Waals surface area contributed by atoms with E-state index in [1.807, 2.05) is 0 Å². The molecule has 4 heteroatoms. The third-order valence-corrected chi connectivity index (χ3v) is 4.18. The Kier molecular flexibility index (Phi) is 5.45. The highest BCUT2D eigenvalue weighted by atomic mass is 16.5. The number of carbonyl (C=O) groups is 1. The van der Waals surface area contributed by atoms with E-state index >= 15 is 0 Å². The molecule has 3 atom stereocenters. The average Bonchev–Trinajstić information content (AvgIpc) is 2.46. The van der Waals surface area contributed by atoms with Crippen molar-refractivity contribution in [3.63, 3.8) is 0 Å². The molecule has 0 aromatic heterocycles. The van der Waals surface area contributed by atoms with Gasteiger partial charge in [-0.25, -0.2) is 0 Å². The molecular weight excluding hydrogens is 228 g/mol. The number of piperidine rings is 1. The minimum Gasteiger partial charge on any atom is -0.376 e. The molecule has 2 N–H and O–H groups in total. The van der Waals surface area contributed by atoms with Crippen LogP contribution in [0.25, 0.3) is 0 Å². The molecule has 3 unspecified atom stereocenters. The van der Waals surface area contributed by atoms with E-state index in [4.69, 9.17) is 4.74 Å². The molecule has 2 heterocycles. The van der Waals surface area contributed by atoms with Gasteiger partial charge in [0.25, 0.3) is 0 Å². The number of hydrogen-bond donors (Lipinski definition) is 2. The lowest BCUT2D eigenvalue weighted by atomic mass is 9.90. The summed E-state index contributed by atoms with van der Waals surface area (Å²) >= 11 is 0. The molecule has 2 aliphatic rings. The van der Waals surface area contributed by atoms with E-state index in [9.17, 15) is 4.79 Å². The zero-order chi connectivity index (χ0) is 12.8. The molecule has 0 spiro atoms. The third-order valence-electron chi connectivity index (χ3n) is 4.18. The normalized spacial score (nSPS) is 33.1. The molecular formula is C14H26N2O2. The highest BCUT2D eigenvalue weighted by Crippen LogP contribution is 2.19. The van der Waals surface area contributed by atoms with Crippen molar-refractivity contribution in [1.82, 2.24) is 10.6 Å². The van der Waals surface area contributed by atoms with Gasteiger partial charge in [0, 0.05) is 13.2 Å². The van der Waals surface area contributed by atoms with E-state index in [1.54, 1.807) is 0 Å². The molecule has 2 rings (SSSR count). The summed E-state index contributed by atoms with van der Waals surface area (Å²) in [7, 11) is 0. The van der Waals surface area contributed by atoms with Crippen molar-refractivity contribution in [2.24, 2.45) is 5.92 Å². The fourth-order valence-corrected chi connectivity index (χ4v) is 2.87. The molecule has 0 radical (unpaired) electrons. The fraction of sp³-hybridized carbons (Fsp3) is 0.929. The van der Waals surface area contributed by atoms with Crippen molar-refractivity contribution < 1.29 is 9.53 Å². The van der Waals surface area contributed by atoms with Gasteiger partial charge in [0.15, 0.2) is 0 Å². The van der Waals surface area contributed by atoms with Crippen LogP contribution >= 0.6 is 0 Å². The molecule has 0 aromatic carbocycles. The van der Waals surface area contributed by atoms with E-state index < -0.39 is 0 Å². The van der Waals surface area contributed by atoms with Crippen LogP contribution in [0.3, 0.4) is 0 Å². The van der Waals surface area contributed by atoms with Crippen molar-refractivity contribution in [1.29, 1.82) is 0 Å². The standard InChI is InChI=1S/C14H26N2O2/c1-2-11-6-7-15-13(9-11)14(17)16-10-12-5-3-4-8-18-12/h11-13,15H,2-10H2,1H3,(H,16,17). The fourth-order valence-electron chi connectivity index (χ4n) is 2.87. The number of amides is 1. The van der Waals surface area contributed by atoms with Gasteiger partial charge in [-0.2, -0.15) is 0 Å². The van der Waals surface area contributed by atoms with Crippen molar-refractivity contribution >= 4 is 5.91 Å². The molecule has 2 fully saturated rings. The molecule has 104 valence electrons. The van der Waals surface area contributed by atoms with Gasteiger partial charge >= 0.3 is 0 Å². The lowest BCUT2D eigenvalue weighted by Crippen LogP contribution is -2.50. The van der Waals surface area contributed by atoms with E-state index in [1.165, 1.54) is 19.3 Å². The second kappa shape index (κ2) is 7.10. The zero-order valence-corrected chi connectivity index (χ0v) is 11.4. The maximum atomic E-state index is 12.1. The van der Waals surface area contributed by atoms with Crippen molar-refractivity contribution in [2.75, 3.05) is 19.7 Å². The Morgan fingerprint density at radius 3 is 3.00 bits per heavy atom. The Bertz CT molecular complexity index is 265. The second-order valence-electron chi connectivity index (χ2n) is 5.54. The van der Waals surface area contributed by atoms with Gasteiger partial charge < -0.3 is 15.4 Å². The van der Waals surface area contributed by atoms with E-state index in [2.05, 4.69) is 17.6 Å². The number of rotatable bonds is 4. The van der Waals surface area contributed by atoms with Crippen LogP contribution in [0.15, 0.2) is 0 Å². The van der Waals surface area contributed by atoms with Gasteiger partial charge in [0.1, 0.15) is 0 Å². The molecule has 2 saturated heterocycles. The summed E-state index contributed by atoms with van der Waals surface area (Å²) in [5, 5.41) is 6.36. The van der Waals surface area contributed by atoms with E-state index in [-0.39, 0.29) is 18.1 Å². The molecule has 0 saturated carbocycles. The molecule has 0 aromatic rings. The molecule has 2 aliphatic heterocycles. The maximum absolute atomic E-state index is 12.1. The Morgan fingerprint density at radius 2 is 2.28 bits per heavy atom. The predicted molar refractivity (Wildman–Crippen MR) is 71.4 cm³/mol. The van der Waals surface area contributed by atoms with E-state index in [0.717, 1.165) is 32.4 Å². The Labute approximate surface area is 110 Å². The van der Waals surface area contributed by atoms with Crippen LogP contribution < -0.4 is 10.6 Å². The highest BCUT2D eigenvalue weighted by molar-refractivity contribution is 5.81. The predicted octanol–water partition coefficient (Wildman–Crippen LogP) is 1.45. The topological polar surface area (TPSA) is 50.4 Å². The number of hydrogen-bond acceptors (Lipinski definition) is 3. The number of ether oxygens (including phenoxy) is 1. The van der Waals surface area contributed by atoms with Crippen LogP contribution in [0.2, 0.25) is 0 Å². The van der Waals surface area contributed by atoms with Crippen LogP contribution in [0.5, 0.6) is 0 Å². The summed E-state index contributed by atoms with van der Waals surface area (Å²) in [6, 6.07) is 0.00675. The van der Waals surface area contributed by atoms with Crippen molar-refractivity contribution in [3.8, 4) is 0 Å². The van der Waals surface area contributed by atoms with Gasteiger partial charge in [-0.3, -0.25) is 4.79 Å². The van der Waals surface area contributed by atoms with Gasteiger partial charge in [-0.1, -0.05) is 13.3 Å². The summed E-state index contributed by atoms with van der Waals surface area (Å²) in [4.78, 5) is 12.1. The summed E-state index contributed by atoms with van der Waals surface area (Å²) < 4.78 is 5.62. The first-order valence-electron chi connectivity index (χ1n) is 7.42. The van der Waals surface area contributed by atoms with Crippen LogP contribution in [0.1, 0.15) is 45.4 Å². The van der Waals surface area contributed by atoms with Crippen LogP contribution in [0.4, 0.5) is 0 Å². The SMILES string of the molecule is CCC1CCNC(C(=O)NCC2CCCCO2)C1. The first kappa shape index (κ1) is 13.8. The summed E-state index contributed by atoms with van der Waals surface area (Å²) in [6.07, 6.45) is 7.05.